The van der Waals surface area contributed by atoms with Crippen LogP contribution < -0.4 is 10.6 Å². The maximum absolute atomic E-state index is 12.4. The van der Waals surface area contributed by atoms with Crippen LogP contribution in [0.4, 0.5) is 5.82 Å². The van der Waals surface area contributed by atoms with Crippen LogP contribution in [0.5, 0.6) is 0 Å². The summed E-state index contributed by atoms with van der Waals surface area (Å²) in [5, 5.41) is 15.4. The molecule has 1 amide bonds. The summed E-state index contributed by atoms with van der Waals surface area (Å²) in [4.78, 5) is 33.0. The molecule has 2 aromatic heterocycles. The van der Waals surface area contributed by atoms with Crippen molar-refractivity contribution in [3.8, 4) is 0 Å². The Labute approximate surface area is 191 Å². The Balaban J connectivity index is 1.55. The molecule has 0 saturated heterocycles. The molecular weight excluding hydrogens is 428 g/mol. The highest BCUT2D eigenvalue weighted by Crippen LogP contribution is 2.15. The number of aliphatic carboxylic acids is 1. The lowest BCUT2D eigenvalue weighted by Gasteiger charge is -2.15. The van der Waals surface area contributed by atoms with Gasteiger partial charge in [-0.15, -0.1) is 0 Å². The first kappa shape index (κ1) is 23.2. The molecule has 1 atom stereocenters. The van der Waals surface area contributed by atoms with E-state index < -0.39 is 17.9 Å². The molecule has 0 bridgehead atoms. The molecule has 32 heavy (non-hydrogen) atoms. The summed E-state index contributed by atoms with van der Waals surface area (Å²) in [5.74, 6) is -0.814. The van der Waals surface area contributed by atoms with Gasteiger partial charge in [0.25, 0.3) is 5.91 Å². The van der Waals surface area contributed by atoms with Crippen LogP contribution in [0.1, 0.15) is 33.7 Å². The van der Waals surface area contributed by atoms with Crippen LogP contribution in [-0.2, 0) is 24.1 Å². The molecule has 0 fully saturated rings. The van der Waals surface area contributed by atoms with E-state index in [0.29, 0.717) is 5.69 Å². The Bertz CT molecular complexity index is 1070. The fourth-order valence-electron chi connectivity index (χ4n) is 3.25. The molecule has 2 heterocycles. The Morgan fingerprint density at radius 3 is 2.53 bits per heavy atom. The number of halogens is 1. The van der Waals surface area contributed by atoms with Gasteiger partial charge in [0.15, 0.2) is 0 Å². The van der Waals surface area contributed by atoms with Gasteiger partial charge in [0.2, 0.25) is 0 Å². The fourth-order valence-corrected chi connectivity index (χ4v) is 3.47. The summed E-state index contributed by atoms with van der Waals surface area (Å²) in [7, 11) is 1.84. The van der Waals surface area contributed by atoms with Crippen LogP contribution >= 0.6 is 11.6 Å². The smallest absolute Gasteiger partial charge is 0.326 e. The van der Waals surface area contributed by atoms with Crippen LogP contribution in [0, 0.1) is 0 Å². The van der Waals surface area contributed by atoms with Gasteiger partial charge < -0.3 is 15.7 Å². The van der Waals surface area contributed by atoms with E-state index in [9.17, 15) is 14.7 Å². The zero-order chi connectivity index (χ0) is 22.9. The van der Waals surface area contributed by atoms with E-state index in [1.165, 1.54) is 0 Å². The SMILES string of the molecule is CNc1cccc(CCCc2ccc(C[C@H](NC(=O)c3ccccc3Cl)C(=O)O)nc2)n1. The molecule has 8 heteroatoms. The minimum atomic E-state index is -1.13. The van der Waals surface area contributed by atoms with E-state index in [0.717, 1.165) is 36.3 Å². The Kier molecular flexibility index (Phi) is 8.16. The van der Waals surface area contributed by atoms with Crippen LogP contribution in [-0.4, -0.2) is 40.0 Å². The topological polar surface area (TPSA) is 104 Å². The summed E-state index contributed by atoms with van der Waals surface area (Å²) in [5.41, 5.74) is 2.91. The number of rotatable bonds is 10. The number of carbonyl (C=O) groups is 2. The van der Waals surface area contributed by atoms with Crippen molar-refractivity contribution in [1.82, 2.24) is 15.3 Å². The average molecular weight is 453 g/mol. The highest BCUT2D eigenvalue weighted by Gasteiger charge is 2.22. The van der Waals surface area contributed by atoms with E-state index >= 15 is 0 Å². The number of hydrogen-bond acceptors (Lipinski definition) is 5. The van der Waals surface area contributed by atoms with E-state index in [4.69, 9.17) is 11.6 Å². The second kappa shape index (κ2) is 11.2. The maximum atomic E-state index is 12.4. The first-order valence-electron chi connectivity index (χ1n) is 10.3. The van der Waals surface area contributed by atoms with Gasteiger partial charge in [0.1, 0.15) is 11.9 Å². The zero-order valence-corrected chi connectivity index (χ0v) is 18.5. The molecule has 0 saturated carbocycles. The third-order valence-electron chi connectivity index (χ3n) is 4.98. The number of hydrogen-bond donors (Lipinski definition) is 3. The number of carboxylic acids is 1. The largest absolute Gasteiger partial charge is 0.480 e. The molecule has 0 spiro atoms. The molecule has 0 aliphatic rings. The predicted octanol–water partition coefficient (Wildman–Crippen LogP) is 3.77. The molecule has 0 aliphatic carbocycles. The molecule has 7 nitrogen and oxygen atoms in total. The lowest BCUT2D eigenvalue weighted by molar-refractivity contribution is -0.139. The third kappa shape index (κ3) is 6.52. The van der Waals surface area contributed by atoms with Gasteiger partial charge in [0, 0.05) is 31.1 Å². The summed E-state index contributed by atoms with van der Waals surface area (Å²) in [6.07, 6.45) is 4.44. The van der Waals surface area contributed by atoms with Gasteiger partial charge in [-0.25, -0.2) is 9.78 Å². The van der Waals surface area contributed by atoms with Crippen LogP contribution in [0.25, 0.3) is 0 Å². The summed E-state index contributed by atoms with van der Waals surface area (Å²) < 4.78 is 0. The Morgan fingerprint density at radius 2 is 1.84 bits per heavy atom. The van der Waals surface area contributed by atoms with Crippen LogP contribution in [0.3, 0.4) is 0 Å². The molecule has 1 aromatic carbocycles. The van der Waals surface area contributed by atoms with Crippen molar-refractivity contribution in [2.75, 3.05) is 12.4 Å². The minimum absolute atomic E-state index is 0.0759. The monoisotopic (exact) mass is 452 g/mol. The number of benzene rings is 1. The number of nitrogens with zero attached hydrogens (tertiary/aromatic N) is 2. The Hall–Kier alpha value is -3.45. The minimum Gasteiger partial charge on any atom is -0.480 e. The zero-order valence-electron chi connectivity index (χ0n) is 17.7. The number of aromatic nitrogens is 2. The number of aryl methyl sites for hydroxylation is 2. The molecule has 3 N–H and O–H groups in total. The van der Waals surface area contributed by atoms with E-state index in [2.05, 4.69) is 20.6 Å². The standard InChI is InChI=1S/C24H25ClN4O3/c1-26-22-11-5-8-17(28-22)7-4-6-16-12-13-18(27-15-16)14-21(24(31)32)29-23(30)19-9-2-3-10-20(19)25/h2-3,5,8-13,15,21H,4,6-7,14H2,1H3,(H,26,28)(H,29,30)(H,31,32)/t21-/m0/s1. The van der Waals surface area contributed by atoms with Crippen LogP contribution in [0.15, 0.2) is 60.8 Å². The molecule has 3 aromatic rings. The molecule has 0 radical (unpaired) electrons. The van der Waals surface area contributed by atoms with Gasteiger partial charge in [-0.3, -0.25) is 9.78 Å². The van der Waals surface area contributed by atoms with E-state index in [-0.39, 0.29) is 17.0 Å². The second-order valence-electron chi connectivity index (χ2n) is 7.32. The van der Waals surface area contributed by atoms with E-state index in [1.807, 2.05) is 31.3 Å². The summed E-state index contributed by atoms with van der Waals surface area (Å²) in [6.45, 7) is 0. The lowest BCUT2D eigenvalue weighted by Crippen LogP contribution is -2.42. The van der Waals surface area contributed by atoms with Crippen LogP contribution in [0.2, 0.25) is 5.02 Å². The van der Waals surface area contributed by atoms with Crippen molar-refractivity contribution in [1.29, 1.82) is 0 Å². The van der Waals surface area contributed by atoms with E-state index in [1.54, 1.807) is 36.5 Å². The first-order valence-corrected chi connectivity index (χ1v) is 10.7. The molecular formula is C24H25ClN4O3. The fraction of sp³-hybridized carbons (Fsp3) is 0.250. The first-order chi connectivity index (χ1) is 15.5. The quantitative estimate of drug-likeness (QED) is 0.432. The number of carboxylic acid groups (broad SMARTS) is 1. The maximum Gasteiger partial charge on any atom is 0.326 e. The van der Waals surface area contributed by atoms with Crippen molar-refractivity contribution < 1.29 is 14.7 Å². The second-order valence-corrected chi connectivity index (χ2v) is 7.73. The van der Waals surface area contributed by atoms with Gasteiger partial charge in [-0.1, -0.05) is 35.9 Å². The van der Waals surface area contributed by atoms with Crippen molar-refractivity contribution in [2.45, 2.75) is 31.7 Å². The molecule has 0 unspecified atom stereocenters. The molecule has 0 aliphatic heterocycles. The highest BCUT2D eigenvalue weighted by atomic mass is 35.5. The van der Waals surface area contributed by atoms with Crippen molar-refractivity contribution in [3.05, 3.63) is 88.3 Å². The predicted molar refractivity (Wildman–Crippen MR) is 124 cm³/mol. The normalized spacial score (nSPS) is 11.6. The third-order valence-corrected chi connectivity index (χ3v) is 5.31. The van der Waals surface area contributed by atoms with Gasteiger partial charge in [0.05, 0.1) is 10.6 Å². The highest BCUT2D eigenvalue weighted by molar-refractivity contribution is 6.33. The molecule has 166 valence electrons. The number of carbonyl (C=O) groups excluding carboxylic acids is 1. The van der Waals surface area contributed by atoms with Crippen molar-refractivity contribution >= 4 is 29.3 Å². The number of anilines is 1. The summed E-state index contributed by atoms with van der Waals surface area (Å²) in [6, 6.07) is 15.0. The average Bonchev–Trinajstić information content (AvgIpc) is 2.80. The van der Waals surface area contributed by atoms with Crippen molar-refractivity contribution in [3.63, 3.8) is 0 Å². The lowest BCUT2D eigenvalue weighted by atomic mass is 10.1. The summed E-state index contributed by atoms with van der Waals surface area (Å²) >= 11 is 6.03. The van der Waals surface area contributed by atoms with Gasteiger partial charge in [-0.05, 0) is 55.2 Å². The van der Waals surface area contributed by atoms with Gasteiger partial charge >= 0.3 is 5.97 Å². The number of pyridine rings is 2. The van der Waals surface area contributed by atoms with Gasteiger partial charge in [-0.2, -0.15) is 0 Å². The number of nitrogens with one attached hydrogen (secondary N) is 2. The van der Waals surface area contributed by atoms with Crippen molar-refractivity contribution in [2.24, 2.45) is 0 Å². The molecule has 3 rings (SSSR count). The number of amides is 1. The Morgan fingerprint density at radius 1 is 1.03 bits per heavy atom.